The van der Waals surface area contributed by atoms with Crippen molar-refractivity contribution >= 4 is 28.1 Å². The van der Waals surface area contributed by atoms with Crippen LogP contribution in [0.4, 0.5) is 5.00 Å². The van der Waals surface area contributed by atoms with Crippen LogP contribution < -0.4 is 4.90 Å². The van der Waals surface area contributed by atoms with Crippen molar-refractivity contribution in [3.63, 3.8) is 0 Å². The normalized spacial score (nSPS) is 14.4. The van der Waals surface area contributed by atoms with Crippen LogP contribution in [0.2, 0.25) is 5.15 Å². The first-order chi connectivity index (χ1) is 10.0. The molecule has 1 aliphatic rings. The zero-order valence-electron chi connectivity index (χ0n) is 12.2. The lowest BCUT2D eigenvalue weighted by Gasteiger charge is -2.27. The third-order valence-electron chi connectivity index (χ3n) is 3.84. The molecule has 3 rings (SSSR count). The van der Waals surface area contributed by atoms with Crippen LogP contribution in [-0.2, 0) is 20.0 Å². The summed E-state index contributed by atoms with van der Waals surface area (Å²) < 4.78 is 6.30. The molecule has 0 aromatic carbocycles. The van der Waals surface area contributed by atoms with Crippen molar-refractivity contribution in [3.05, 3.63) is 27.9 Å². The number of anilines is 1. The minimum absolute atomic E-state index is 0.298. The summed E-state index contributed by atoms with van der Waals surface area (Å²) >= 11 is 7.25. The van der Waals surface area contributed by atoms with Gasteiger partial charge in [-0.1, -0.05) is 25.4 Å². The number of halogens is 1. The van der Waals surface area contributed by atoms with Gasteiger partial charge in [0.15, 0.2) is 5.15 Å². The molecular weight excluding hydrogens is 306 g/mol. The van der Waals surface area contributed by atoms with Gasteiger partial charge in [-0.2, -0.15) is 9.64 Å². The molecule has 0 atom stereocenters. The predicted molar refractivity (Wildman–Crippen MR) is 83.9 cm³/mol. The van der Waals surface area contributed by atoms with Gasteiger partial charge < -0.3 is 9.47 Å². The number of fused-ring (bicyclic) bond motifs is 1. The van der Waals surface area contributed by atoms with E-state index >= 15 is 0 Å². The molecule has 0 N–H and O–H groups in total. The Balaban J connectivity index is 1.95. The van der Waals surface area contributed by atoms with E-state index in [1.54, 1.807) is 0 Å². The molecule has 0 saturated heterocycles. The zero-order valence-corrected chi connectivity index (χ0v) is 13.8. The summed E-state index contributed by atoms with van der Waals surface area (Å²) in [6.45, 7) is 5.88. The van der Waals surface area contributed by atoms with Gasteiger partial charge in [0.25, 0.3) is 0 Å². The molecule has 0 spiro atoms. The lowest BCUT2D eigenvalue weighted by molar-refractivity contribution is 0.664. The first-order valence-corrected chi connectivity index (χ1v) is 8.02. The van der Waals surface area contributed by atoms with Crippen LogP contribution in [0.5, 0.6) is 0 Å². The molecule has 0 saturated carbocycles. The van der Waals surface area contributed by atoms with Crippen molar-refractivity contribution in [2.24, 2.45) is 7.05 Å². The smallest absolute Gasteiger partial charge is 0.162 e. The maximum absolute atomic E-state index is 9.22. The van der Waals surface area contributed by atoms with Gasteiger partial charge in [-0.3, -0.25) is 0 Å². The molecule has 0 bridgehead atoms. The lowest BCUT2D eigenvalue weighted by Crippen LogP contribution is -2.30. The Morgan fingerprint density at radius 1 is 1.43 bits per heavy atom. The van der Waals surface area contributed by atoms with Crippen LogP contribution in [0.3, 0.4) is 0 Å². The van der Waals surface area contributed by atoms with Crippen LogP contribution in [-0.4, -0.2) is 20.5 Å². The molecule has 21 heavy (non-hydrogen) atoms. The van der Waals surface area contributed by atoms with Gasteiger partial charge in [0.1, 0.15) is 22.5 Å². The highest BCUT2D eigenvalue weighted by atomic mass is 35.5. The molecule has 7 heteroatoms. The third-order valence-corrected chi connectivity index (χ3v) is 5.12. The molecule has 110 valence electrons. The minimum atomic E-state index is 0.298. The van der Waals surface area contributed by atoms with E-state index in [4.69, 9.17) is 16.6 Å². The lowest BCUT2D eigenvalue weighted by atomic mass is 10.1. The number of nitriles is 1. The van der Waals surface area contributed by atoms with Crippen LogP contribution in [0.25, 0.3) is 0 Å². The van der Waals surface area contributed by atoms with Gasteiger partial charge in [0, 0.05) is 31.6 Å². The van der Waals surface area contributed by atoms with Crippen LogP contribution in [0, 0.1) is 11.3 Å². The van der Waals surface area contributed by atoms with E-state index in [1.165, 1.54) is 17.2 Å². The van der Waals surface area contributed by atoms with Crippen molar-refractivity contribution in [1.29, 1.82) is 5.26 Å². The molecule has 5 nitrogen and oxygen atoms in total. The zero-order chi connectivity index (χ0) is 15.1. The molecule has 1 aliphatic heterocycles. The largest absolute Gasteiger partial charge is 0.355 e. The first kappa shape index (κ1) is 14.4. The topological polar surface area (TPSA) is 57.7 Å². The van der Waals surface area contributed by atoms with Crippen molar-refractivity contribution in [2.75, 3.05) is 11.4 Å². The Labute approximate surface area is 132 Å². The Morgan fingerprint density at radius 3 is 2.86 bits per heavy atom. The van der Waals surface area contributed by atoms with E-state index in [9.17, 15) is 5.26 Å². The molecule has 0 fully saturated rings. The highest BCUT2D eigenvalue weighted by Crippen LogP contribution is 2.34. The van der Waals surface area contributed by atoms with Gasteiger partial charge >= 0.3 is 0 Å². The van der Waals surface area contributed by atoms with Crippen LogP contribution >= 0.6 is 23.1 Å². The number of hydrogen-bond acceptors (Lipinski definition) is 5. The molecule has 2 aromatic rings. The molecular formula is C14H16ClN5S. The summed E-state index contributed by atoms with van der Waals surface area (Å²) in [5.41, 5.74) is 2.87. The fourth-order valence-corrected chi connectivity index (χ4v) is 3.87. The van der Waals surface area contributed by atoms with E-state index in [0.717, 1.165) is 29.5 Å². The summed E-state index contributed by atoms with van der Waals surface area (Å²) in [7, 11) is 2.08. The Kier molecular flexibility index (Phi) is 3.64. The Morgan fingerprint density at radius 2 is 2.19 bits per heavy atom. The number of hydrogen-bond donors (Lipinski definition) is 0. The van der Waals surface area contributed by atoms with E-state index in [1.807, 2.05) is 0 Å². The van der Waals surface area contributed by atoms with Crippen molar-refractivity contribution in [2.45, 2.75) is 32.7 Å². The van der Waals surface area contributed by atoms with E-state index in [-0.39, 0.29) is 0 Å². The second-order valence-electron chi connectivity index (χ2n) is 5.51. The highest BCUT2D eigenvalue weighted by molar-refractivity contribution is 7.10. The van der Waals surface area contributed by atoms with Gasteiger partial charge in [-0.25, -0.2) is 4.98 Å². The van der Waals surface area contributed by atoms with Gasteiger partial charge in [-0.15, -0.1) is 0 Å². The van der Waals surface area contributed by atoms with E-state index < -0.39 is 0 Å². The average molecular weight is 322 g/mol. The average Bonchev–Trinajstić information content (AvgIpc) is 2.99. The molecule has 3 heterocycles. The first-order valence-electron chi connectivity index (χ1n) is 6.87. The quantitative estimate of drug-likeness (QED) is 0.853. The number of aromatic nitrogens is 3. The summed E-state index contributed by atoms with van der Waals surface area (Å²) in [5, 5.41) is 10.4. The highest BCUT2D eigenvalue weighted by Gasteiger charge is 2.27. The SMILES string of the molecule is CC(C)c1nc2c(n1C)CCN(c1snc(Cl)c1C#N)C2. The van der Waals surface area contributed by atoms with E-state index in [2.05, 4.69) is 40.8 Å². The maximum atomic E-state index is 9.22. The molecule has 0 amide bonds. The number of imidazole rings is 1. The van der Waals surface area contributed by atoms with Crippen LogP contribution in [0.15, 0.2) is 0 Å². The molecule has 0 aliphatic carbocycles. The fraction of sp³-hybridized carbons (Fsp3) is 0.500. The van der Waals surface area contributed by atoms with Crippen molar-refractivity contribution in [3.8, 4) is 6.07 Å². The standard InChI is InChI=1S/C14H16ClN5S/c1-8(2)13-17-10-7-20(5-4-11(10)19(13)3)14-9(6-16)12(15)18-21-14/h8H,4-5,7H2,1-3H3. The second kappa shape index (κ2) is 5.32. The minimum Gasteiger partial charge on any atom is -0.355 e. The Bertz CT molecular complexity index is 725. The monoisotopic (exact) mass is 321 g/mol. The maximum Gasteiger partial charge on any atom is 0.162 e. The van der Waals surface area contributed by atoms with Gasteiger partial charge in [-0.05, 0) is 11.5 Å². The molecule has 0 unspecified atom stereocenters. The Hall–Kier alpha value is -1.58. The third kappa shape index (κ3) is 2.30. The molecule has 0 radical (unpaired) electrons. The van der Waals surface area contributed by atoms with Crippen LogP contribution in [0.1, 0.15) is 42.5 Å². The van der Waals surface area contributed by atoms with Crippen molar-refractivity contribution < 1.29 is 0 Å². The van der Waals surface area contributed by atoms with Crippen molar-refractivity contribution in [1.82, 2.24) is 13.9 Å². The van der Waals surface area contributed by atoms with Gasteiger partial charge in [0.2, 0.25) is 0 Å². The second-order valence-corrected chi connectivity index (χ2v) is 6.62. The number of nitrogens with zero attached hydrogens (tertiary/aromatic N) is 5. The fourth-order valence-electron chi connectivity index (χ4n) is 2.81. The van der Waals surface area contributed by atoms with Gasteiger partial charge in [0.05, 0.1) is 12.2 Å². The predicted octanol–water partition coefficient (Wildman–Crippen LogP) is 3.09. The number of rotatable bonds is 2. The summed E-state index contributed by atoms with van der Waals surface area (Å²) in [4.78, 5) is 6.93. The summed E-state index contributed by atoms with van der Waals surface area (Å²) in [5.74, 6) is 1.52. The van der Waals surface area contributed by atoms with E-state index in [0.29, 0.717) is 23.2 Å². The summed E-state index contributed by atoms with van der Waals surface area (Å²) in [6, 6.07) is 2.15. The summed E-state index contributed by atoms with van der Waals surface area (Å²) in [6.07, 6.45) is 0.923. The molecule has 2 aromatic heterocycles.